The largest absolute Gasteiger partial charge is 0.399 e. The van der Waals surface area contributed by atoms with Gasteiger partial charge in [-0.15, -0.1) is 0 Å². The number of nitrogens with two attached hydrogens (primary N) is 2. The summed E-state index contributed by atoms with van der Waals surface area (Å²) in [5.74, 6) is 0. The van der Waals surface area contributed by atoms with Crippen LogP contribution in [0.3, 0.4) is 0 Å². The normalized spacial score (nSPS) is 22.4. The van der Waals surface area contributed by atoms with Gasteiger partial charge in [-0.05, 0) is 31.0 Å². The molecule has 0 spiro atoms. The van der Waals surface area contributed by atoms with Crippen LogP contribution in [0.5, 0.6) is 0 Å². The Morgan fingerprint density at radius 3 is 2.93 bits per heavy atom. The van der Waals surface area contributed by atoms with Crippen molar-refractivity contribution in [3.05, 3.63) is 24.3 Å². The Kier molecular flexibility index (Phi) is 2.59. The quantitative estimate of drug-likeness (QED) is 0.656. The van der Waals surface area contributed by atoms with Gasteiger partial charge in [0.2, 0.25) is 0 Å². The molecule has 2 rings (SSSR count). The second-order valence-corrected chi connectivity index (χ2v) is 3.94. The third-order valence-electron chi connectivity index (χ3n) is 2.69. The second-order valence-electron chi connectivity index (χ2n) is 3.94. The Morgan fingerprint density at radius 1 is 1.36 bits per heavy atom. The van der Waals surface area contributed by atoms with Crippen molar-refractivity contribution in [2.45, 2.75) is 18.9 Å². The SMILES string of the molecule is Nc1cccc(N2CCCC(N)C2)c1. The molecule has 1 aliphatic heterocycles. The Balaban J connectivity index is 2.14. The molecule has 14 heavy (non-hydrogen) atoms. The summed E-state index contributed by atoms with van der Waals surface area (Å²) in [7, 11) is 0. The first kappa shape index (κ1) is 9.34. The predicted octanol–water partition coefficient (Wildman–Crippen LogP) is 1.20. The molecule has 0 radical (unpaired) electrons. The lowest BCUT2D eigenvalue weighted by Gasteiger charge is -2.32. The van der Waals surface area contributed by atoms with E-state index in [-0.39, 0.29) is 0 Å². The van der Waals surface area contributed by atoms with Gasteiger partial charge in [-0.1, -0.05) is 6.07 Å². The molecule has 1 heterocycles. The topological polar surface area (TPSA) is 55.3 Å². The Morgan fingerprint density at radius 2 is 2.21 bits per heavy atom. The zero-order chi connectivity index (χ0) is 9.97. The van der Waals surface area contributed by atoms with E-state index in [4.69, 9.17) is 11.5 Å². The molecule has 1 aliphatic rings. The molecule has 1 aromatic carbocycles. The van der Waals surface area contributed by atoms with Crippen LogP contribution in [-0.2, 0) is 0 Å². The Bertz CT molecular complexity index is 311. The molecule has 1 unspecified atom stereocenters. The highest BCUT2D eigenvalue weighted by Gasteiger charge is 2.16. The molecular weight excluding hydrogens is 174 g/mol. The Hall–Kier alpha value is -1.22. The van der Waals surface area contributed by atoms with Gasteiger partial charge < -0.3 is 16.4 Å². The lowest BCUT2D eigenvalue weighted by molar-refractivity contribution is 0.506. The van der Waals surface area contributed by atoms with E-state index in [1.54, 1.807) is 0 Å². The fraction of sp³-hybridized carbons (Fsp3) is 0.455. The van der Waals surface area contributed by atoms with E-state index in [1.807, 2.05) is 18.2 Å². The molecule has 0 saturated carbocycles. The molecule has 0 aliphatic carbocycles. The van der Waals surface area contributed by atoms with E-state index in [1.165, 1.54) is 12.1 Å². The number of anilines is 2. The van der Waals surface area contributed by atoms with Crippen LogP contribution in [0.25, 0.3) is 0 Å². The van der Waals surface area contributed by atoms with E-state index in [9.17, 15) is 0 Å². The number of hydrogen-bond acceptors (Lipinski definition) is 3. The van der Waals surface area contributed by atoms with Crippen LogP contribution < -0.4 is 16.4 Å². The van der Waals surface area contributed by atoms with Gasteiger partial charge in [0, 0.05) is 30.5 Å². The van der Waals surface area contributed by atoms with Crippen molar-refractivity contribution >= 4 is 11.4 Å². The molecule has 0 aromatic heterocycles. The van der Waals surface area contributed by atoms with E-state index < -0.39 is 0 Å². The van der Waals surface area contributed by atoms with Crippen LogP contribution in [0.2, 0.25) is 0 Å². The molecule has 0 bridgehead atoms. The predicted molar refractivity (Wildman–Crippen MR) is 60.3 cm³/mol. The van der Waals surface area contributed by atoms with Crippen molar-refractivity contribution in [1.82, 2.24) is 0 Å². The zero-order valence-corrected chi connectivity index (χ0v) is 8.32. The fourth-order valence-electron chi connectivity index (χ4n) is 1.97. The summed E-state index contributed by atoms with van der Waals surface area (Å²) >= 11 is 0. The summed E-state index contributed by atoms with van der Waals surface area (Å²) in [6.45, 7) is 2.04. The van der Waals surface area contributed by atoms with Gasteiger partial charge in [0.25, 0.3) is 0 Å². The third kappa shape index (κ3) is 1.99. The summed E-state index contributed by atoms with van der Waals surface area (Å²) in [5, 5.41) is 0. The third-order valence-corrected chi connectivity index (χ3v) is 2.69. The summed E-state index contributed by atoms with van der Waals surface area (Å²) < 4.78 is 0. The van der Waals surface area contributed by atoms with Crippen LogP contribution in [-0.4, -0.2) is 19.1 Å². The van der Waals surface area contributed by atoms with Crippen molar-refractivity contribution < 1.29 is 0 Å². The van der Waals surface area contributed by atoms with Crippen molar-refractivity contribution in [3.63, 3.8) is 0 Å². The number of benzene rings is 1. The Labute approximate surface area is 84.7 Å². The minimum Gasteiger partial charge on any atom is -0.399 e. The first-order valence-corrected chi connectivity index (χ1v) is 5.12. The lowest BCUT2D eigenvalue weighted by Crippen LogP contribution is -2.42. The van der Waals surface area contributed by atoms with E-state index >= 15 is 0 Å². The number of nitrogens with zero attached hydrogens (tertiary/aromatic N) is 1. The molecular formula is C11H17N3. The average Bonchev–Trinajstić information content (AvgIpc) is 2.18. The standard InChI is InChI=1S/C11H17N3/c12-9-3-1-5-11(7-9)14-6-2-4-10(13)8-14/h1,3,5,7,10H,2,4,6,8,12-13H2. The van der Waals surface area contributed by atoms with Crippen LogP contribution in [0.15, 0.2) is 24.3 Å². The summed E-state index contributed by atoms with van der Waals surface area (Å²) in [6, 6.07) is 8.31. The van der Waals surface area contributed by atoms with Crippen LogP contribution in [0.1, 0.15) is 12.8 Å². The molecule has 1 fully saturated rings. The second kappa shape index (κ2) is 3.88. The number of nitrogen functional groups attached to an aromatic ring is 1. The zero-order valence-electron chi connectivity index (χ0n) is 8.32. The maximum absolute atomic E-state index is 5.93. The summed E-state index contributed by atoms with van der Waals surface area (Å²) in [4.78, 5) is 2.31. The molecule has 1 saturated heterocycles. The van der Waals surface area contributed by atoms with E-state index in [0.29, 0.717) is 6.04 Å². The smallest absolute Gasteiger partial charge is 0.0387 e. The first-order chi connectivity index (χ1) is 6.75. The lowest BCUT2D eigenvalue weighted by atomic mass is 10.1. The monoisotopic (exact) mass is 191 g/mol. The number of piperidine rings is 1. The van der Waals surface area contributed by atoms with Gasteiger partial charge in [-0.3, -0.25) is 0 Å². The fourth-order valence-corrected chi connectivity index (χ4v) is 1.97. The molecule has 3 nitrogen and oxygen atoms in total. The van der Waals surface area contributed by atoms with Gasteiger partial charge in [0.05, 0.1) is 0 Å². The minimum atomic E-state index is 0.310. The van der Waals surface area contributed by atoms with Gasteiger partial charge in [0.1, 0.15) is 0 Å². The van der Waals surface area contributed by atoms with Crippen molar-refractivity contribution in [2.24, 2.45) is 5.73 Å². The van der Waals surface area contributed by atoms with Gasteiger partial charge in [-0.25, -0.2) is 0 Å². The van der Waals surface area contributed by atoms with Crippen molar-refractivity contribution in [1.29, 1.82) is 0 Å². The first-order valence-electron chi connectivity index (χ1n) is 5.12. The van der Waals surface area contributed by atoms with Gasteiger partial charge in [-0.2, -0.15) is 0 Å². The molecule has 4 N–H and O–H groups in total. The van der Waals surface area contributed by atoms with Crippen LogP contribution in [0.4, 0.5) is 11.4 Å². The molecule has 1 atom stereocenters. The summed E-state index contributed by atoms with van der Waals surface area (Å²) in [5.41, 5.74) is 13.7. The summed E-state index contributed by atoms with van der Waals surface area (Å²) in [6.07, 6.45) is 2.31. The minimum absolute atomic E-state index is 0.310. The van der Waals surface area contributed by atoms with Gasteiger partial charge >= 0.3 is 0 Å². The van der Waals surface area contributed by atoms with Gasteiger partial charge in [0.15, 0.2) is 0 Å². The van der Waals surface area contributed by atoms with E-state index in [2.05, 4.69) is 11.0 Å². The maximum atomic E-state index is 5.93. The van der Waals surface area contributed by atoms with E-state index in [0.717, 1.165) is 25.2 Å². The molecule has 76 valence electrons. The molecule has 0 amide bonds. The number of rotatable bonds is 1. The molecule has 3 heteroatoms. The average molecular weight is 191 g/mol. The maximum Gasteiger partial charge on any atom is 0.0387 e. The van der Waals surface area contributed by atoms with Crippen LogP contribution >= 0.6 is 0 Å². The highest BCUT2D eigenvalue weighted by Crippen LogP contribution is 2.21. The highest BCUT2D eigenvalue weighted by atomic mass is 15.1. The van der Waals surface area contributed by atoms with Crippen molar-refractivity contribution in [2.75, 3.05) is 23.7 Å². The van der Waals surface area contributed by atoms with Crippen molar-refractivity contribution in [3.8, 4) is 0 Å². The number of hydrogen-bond donors (Lipinski definition) is 2. The molecule has 1 aromatic rings. The highest BCUT2D eigenvalue weighted by molar-refractivity contribution is 5.56. The van der Waals surface area contributed by atoms with Crippen LogP contribution in [0, 0.1) is 0 Å².